The number of urea groups is 1. The minimum absolute atomic E-state index is 0.0214. The van der Waals surface area contributed by atoms with Crippen molar-refractivity contribution in [1.29, 1.82) is 5.41 Å². The van der Waals surface area contributed by atoms with E-state index in [1.165, 1.54) is 10.5 Å². The number of piperidine rings is 1. The molecule has 3 saturated heterocycles. The maximum Gasteiger partial charge on any atom is 0.327 e. The molecule has 0 spiro atoms. The number of likely N-dealkylation sites (tertiary alicyclic amines) is 2. The van der Waals surface area contributed by atoms with Gasteiger partial charge in [0.25, 0.3) is 0 Å². The van der Waals surface area contributed by atoms with Crippen LogP contribution in [0.1, 0.15) is 50.5 Å². The highest BCUT2D eigenvalue weighted by atomic mass is 16.4. The fourth-order valence-corrected chi connectivity index (χ4v) is 5.99. The molecular formula is C28H40N6O5. The summed E-state index contributed by atoms with van der Waals surface area (Å²) >= 11 is 0. The Morgan fingerprint density at radius 3 is 2.31 bits per heavy atom. The van der Waals surface area contributed by atoms with E-state index in [0.717, 1.165) is 43.4 Å². The summed E-state index contributed by atoms with van der Waals surface area (Å²) in [5.41, 5.74) is 6.90. The minimum atomic E-state index is -1.19. The van der Waals surface area contributed by atoms with Crippen LogP contribution in [-0.2, 0) is 20.8 Å². The number of rotatable bonds is 9. The minimum Gasteiger partial charge on any atom is -0.480 e. The molecule has 0 aromatic heterocycles. The number of benzene rings is 1. The fourth-order valence-electron chi connectivity index (χ4n) is 5.99. The maximum absolute atomic E-state index is 13.1. The van der Waals surface area contributed by atoms with Crippen LogP contribution in [-0.4, -0.2) is 99.8 Å². The standard InChI is InChI=1S/C28H40N6O5/c29-27(30)33-13-7-11-21(19-33)18-22-24(26(37)38)34(25(22)36)28(39)32-16-14-31(15-17-32)23(35)12-6-2-5-10-20-8-3-1-4-9-20/h1,3-4,8-9,21-22,24H,2,5-7,10-19H2,(H3,29,30)(H,37,38)/t21?,22-,24+/m1/s1. The summed E-state index contributed by atoms with van der Waals surface area (Å²) < 4.78 is 0. The third kappa shape index (κ3) is 6.88. The van der Waals surface area contributed by atoms with E-state index >= 15 is 0 Å². The predicted molar refractivity (Wildman–Crippen MR) is 145 cm³/mol. The van der Waals surface area contributed by atoms with Crippen LogP contribution in [0.25, 0.3) is 0 Å². The molecule has 11 heteroatoms. The van der Waals surface area contributed by atoms with Crippen molar-refractivity contribution >= 4 is 29.8 Å². The number of carboxylic acid groups (broad SMARTS) is 1. The molecule has 4 amide bonds. The van der Waals surface area contributed by atoms with Crippen LogP contribution in [0.5, 0.6) is 0 Å². The van der Waals surface area contributed by atoms with E-state index in [9.17, 15) is 24.3 Å². The molecule has 0 bridgehead atoms. The highest BCUT2D eigenvalue weighted by Crippen LogP contribution is 2.36. The lowest BCUT2D eigenvalue weighted by molar-refractivity contribution is -0.167. The number of nitrogens with two attached hydrogens (primary N) is 1. The van der Waals surface area contributed by atoms with Gasteiger partial charge in [0.05, 0.1) is 5.92 Å². The predicted octanol–water partition coefficient (Wildman–Crippen LogP) is 1.96. The molecule has 3 aliphatic heterocycles. The number of carboxylic acids is 1. The lowest BCUT2D eigenvalue weighted by atomic mass is 9.78. The van der Waals surface area contributed by atoms with Gasteiger partial charge in [0.1, 0.15) is 0 Å². The first-order valence-electron chi connectivity index (χ1n) is 14.0. The van der Waals surface area contributed by atoms with Gasteiger partial charge in [0, 0.05) is 45.7 Å². The number of unbranched alkanes of at least 4 members (excludes halogenated alkanes) is 2. The molecule has 39 heavy (non-hydrogen) atoms. The summed E-state index contributed by atoms with van der Waals surface area (Å²) in [5, 5.41) is 17.5. The highest BCUT2D eigenvalue weighted by Gasteiger charge is 2.56. The Bertz CT molecular complexity index is 1060. The topological polar surface area (TPSA) is 151 Å². The van der Waals surface area contributed by atoms with Crippen molar-refractivity contribution in [3.8, 4) is 0 Å². The summed E-state index contributed by atoms with van der Waals surface area (Å²) in [5.74, 6) is -2.31. The van der Waals surface area contributed by atoms with E-state index in [0.29, 0.717) is 39.0 Å². The number of aliphatic carboxylic acids is 1. The van der Waals surface area contributed by atoms with Crippen LogP contribution in [0.2, 0.25) is 0 Å². The zero-order chi connectivity index (χ0) is 27.9. The number of hydrogen-bond donors (Lipinski definition) is 3. The fraction of sp³-hybridized carbons (Fsp3) is 0.607. The third-order valence-corrected chi connectivity index (χ3v) is 8.22. The van der Waals surface area contributed by atoms with Gasteiger partial charge in [-0.2, -0.15) is 0 Å². The lowest BCUT2D eigenvalue weighted by Gasteiger charge is -2.47. The number of amides is 4. The maximum atomic E-state index is 13.1. The number of β-lactam (4-membered cyclic amide) rings is 1. The van der Waals surface area contributed by atoms with Crippen LogP contribution in [0, 0.1) is 17.2 Å². The van der Waals surface area contributed by atoms with Crippen LogP contribution in [0.3, 0.4) is 0 Å². The summed E-state index contributed by atoms with van der Waals surface area (Å²) in [6, 6.07) is 8.50. The van der Waals surface area contributed by atoms with Crippen molar-refractivity contribution < 1.29 is 24.3 Å². The van der Waals surface area contributed by atoms with Gasteiger partial charge in [-0.3, -0.25) is 15.0 Å². The van der Waals surface area contributed by atoms with E-state index in [1.54, 1.807) is 9.80 Å². The number of carbonyl (C=O) groups is 4. The van der Waals surface area contributed by atoms with Crippen molar-refractivity contribution in [2.45, 2.75) is 57.4 Å². The van der Waals surface area contributed by atoms with E-state index in [4.69, 9.17) is 11.1 Å². The zero-order valence-corrected chi connectivity index (χ0v) is 22.5. The number of nitrogens with one attached hydrogen (secondary N) is 1. The number of hydrogen-bond acceptors (Lipinski definition) is 5. The van der Waals surface area contributed by atoms with E-state index in [2.05, 4.69) is 12.1 Å². The van der Waals surface area contributed by atoms with Crippen LogP contribution < -0.4 is 5.73 Å². The molecule has 4 rings (SSSR count). The molecule has 0 saturated carbocycles. The highest BCUT2D eigenvalue weighted by molar-refractivity contribution is 6.07. The van der Waals surface area contributed by atoms with Gasteiger partial charge in [0.2, 0.25) is 11.8 Å². The molecule has 4 N–H and O–H groups in total. The molecular weight excluding hydrogens is 500 g/mol. The summed E-state index contributed by atoms with van der Waals surface area (Å²) in [6.45, 7) is 2.50. The van der Waals surface area contributed by atoms with Crippen LogP contribution in [0.15, 0.2) is 30.3 Å². The Labute approximate surface area is 229 Å². The van der Waals surface area contributed by atoms with Gasteiger partial charge < -0.3 is 25.5 Å². The van der Waals surface area contributed by atoms with Gasteiger partial charge in [0.15, 0.2) is 12.0 Å². The molecule has 3 aliphatic rings. The summed E-state index contributed by atoms with van der Waals surface area (Å²) in [6.07, 6.45) is 6.31. The smallest absolute Gasteiger partial charge is 0.327 e. The van der Waals surface area contributed by atoms with Gasteiger partial charge in [-0.25, -0.2) is 14.5 Å². The molecule has 1 aromatic carbocycles. The molecule has 1 aromatic rings. The second-order valence-electron chi connectivity index (χ2n) is 10.9. The SMILES string of the molecule is N=C(N)N1CCCC(C[C@H]2C(=O)N(C(=O)N3CCN(C(=O)CCCCCc4ccccc4)CC3)[C@@H]2C(=O)O)C1. The Morgan fingerprint density at radius 2 is 1.64 bits per heavy atom. The average Bonchev–Trinajstić information content (AvgIpc) is 2.94. The molecule has 1 unspecified atom stereocenters. The first-order chi connectivity index (χ1) is 18.8. The second kappa shape index (κ2) is 12.9. The number of nitrogens with zero attached hydrogens (tertiary/aromatic N) is 4. The lowest BCUT2D eigenvalue weighted by Crippen LogP contribution is -2.70. The van der Waals surface area contributed by atoms with Crippen molar-refractivity contribution in [3.63, 3.8) is 0 Å². The molecule has 11 nitrogen and oxygen atoms in total. The monoisotopic (exact) mass is 540 g/mol. The van der Waals surface area contributed by atoms with Gasteiger partial charge in [-0.1, -0.05) is 36.8 Å². The van der Waals surface area contributed by atoms with E-state index < -0.39 is 29.9 Å². The summed E-state index contributed by atoms with van der Waals surface area (Å²) in [7, 11) is 0. The molecule has 0 radical (unpaired) electrons. The van der Waals surface area contributed by atoms with Crippen LogP contribution >= 0.6 is 0 Å². The molecule has 212 valence electrons. The van der Waals surface area contributed by atoms with E-state index in [-0.39, 0.29) is 30.9 Å². The van der Waals surface area contributed by atoms with Crippen molar-refractivity contribution in [2.75, 3.05) is 39.3 Å². The van der Waals surface area contributed by atoms with Gasteiger partial charge >= 0.3 is 12.0 Å². The van der Waals surface area contributed by atoms with Crippen LogP contribution in [0.4, 0.5) is 4.79 Å². The molecule has 3 fully saturated rings. The molecule has 3 heterocycles. The van der Waals surface area contributed by atoms with Crippen molar-refractivity contribution in [3.05, 3.63) is 35.9 Å². The van der Waals surface area contributed by atoms with Crippen molar-refractivity contribution in [2.24, 2.45) is 17.6 Å². The van der Waals surface area contributed by atoms with Gasteiger partial charge in [-0.15, -0.1) is 0 Å². The average molecular weight is 541 g/mol. The normalized spacial score (nSPS) is 23.4. The molecule has 3 atom stereocenters. The Hall–Kier alpha value is -3.63. The Balaban J connectivity index is 1.20. The number of imide groups is 1. The Kier molecular flexibility index (Phi) is 9.42. The largest absolute Gasteiger partial charge is 0.480 e. The number of carbonyl (C=O) groups excluding carboxylic acids is 3. The zero-order valence-electron chi connectivity index (χ0n) is 22.5. The summed E-state index contributed by atoms with van der Waals surface area (Å²) in [4.78, 5) is 56.6. The first kappa shape index (κ1) is 28.4. The Morgan fingerprint density at radius 1 is 0.949 bits per heavy atom. The third-order valence-electron chi connectivity index (χ3n) is 8.22. The van der Waals surface area contributed by atoms with E-state index in [1.807, 2.05) is 18.2 Å². The number of guanidine groups is 1. The number of aryl methyl sites for hydroxylation is 1. The van der Waals surface area contributed by atoms with Gasteiger partial charge in [-0.05, 0) is 50.0 Å². The first-order valence-corrected chi connectivity index (χ1v) is 14.0. The van der Waals surface area contributed by atoms with Crippen molar-refractivity contribution in [1.82, 2.24) is 19.6 Å². The quantitative estimate of drug-likeness (QED) is 0.187. The number of piperazine rings is 1. The second-order valence-corrected chi connectivity index (χ2v) is 10.9. The molecule has 0 aliphatic carbocycles.